The molecule has 1 aliphatic heterocycles. The van der Waals surface area contributed by atoms with Crippen molar-refractivity contribution < 1.29 is 13.2 Å². The van der Waals surface area contributed by atoms with E-state index in [1.165, 1.54) is 32.1 Å². The minimum Gasteiger partial charge on any atom is -0.317 e. The number of aromatic nitrogens is 2. The highest BCUT2D eigenvalue weighted by Gasteiger charge is 2.33. The molecular formula is C22H35N3O3S. The van der Waals surface area contributed by atoms with E-state index < -0.39 is 9.84 Å². The van der Waals surface area contributed by atoms with Gasteiger partial charge in [0.2, 0.25) is 15.0 Å². The summed E-state index contributed by atoms with van der Waals surface area (Å²) < 4.78 is 28.1. The summed E-state index contributed by atoms with van der Waals surface area (Å²) in [5.74, 6) is 1.47. The molecule has 6 nitrogen and oxygen atoms in total. The van der Waals surface area contributed by atoms with E-state index in [4.69, 9.17) is 0 Å². The third-order valence-electron chi connectivity index (χ3n) is 6.96. The fourth-order valence-corrected chi connectivity index (χ4v) is 6.86. The lowest BCUT2D eigenvalue weighted by Crippen LogP contribution is -2.38. The van der Waals surface area contributed by atoms with E-state index in [0.29, 0.717) is 18.4 Å². The van der Waals surface area contributed by atoms with Crippen molar-refractivity contribution in [3.63, 3.8) is 0 Å². The lowest BCUT2D eigenvalue weighted by Gasteiger charge is -2.32. The highest BCUT2D eigenvalue weighted by molar-refractivity contribution is 7.91. The molecule has 0 N–H and O–H groups in total. The van der Waals surface area contributed by atoms with Gasteiger partial charge in [0.15, 0.2) is 0 Å². The number of nitrogens with zero attached hydrogens (tertiary/aromatic N) is 3. The van der Waals surface area contributed by atoms with Crippen molar-refractivity contribution in [2.45, 2.75) is 83.0 Å². The second-order valence-corrected chi connectivity index (χ2v) is 11.5. The summed E-state index contributed by atoms with van der Waals surface area (Å²) in [4.78, 5) is 18.6. The number of ketones is 1. The summed E-state index contributed by atoms with van der Waals surface area (Å²) in [7, 11) is -3.34. The SMILES string of the molecule is CC(=O)[C@H]1CCCN(Cc2cnc(S(=O)(=O)CC3CC3)n2CC2CCCCC2)C1. The van der Waals surface area contributed by atoms with Crippen LogP contribution < -0.4 is 0 Å². The molecule has 0 spiro atoms. The van der Waals surface area contributed by atoms with Crippen LogP contribution in [0.15, 0.2) is 11.4 Å². The van der Waals surface area contributed by atoms with Gasteiger partial charge in [-0.15, -0.1) is 0 Å². The number of sulfone groups is 1. The fourth-order valence-electron chi connectivity index (χ4n) is 5.02. The Bertz CT molecular complexity index is 822. The van der Waals surface area contributed by atoms with Crippen LogP contribution in [0.4, 0.5) is 0 Å². The van der Waals surface area contributed by atoms with Crippen molar-refractivity contribution in [1.29, 1.82) is 0 Å². The molecule has 1 atom stereocenters. The lowest BCUT2D eigenvalue weighted by atomic mass is 9.89. The molecule has 3 aliphatic rings. The van der Waals surface area contributed by atoms with Crippen molar-refractivity contribution in [3.8, 4) is 0 Å². The Labute approximate surface area is 175 Å². The van der Waals surface area contributed by atoms with Gasteiger partial charge in [-0.1, -0.05) is 19.3 Å². The zero-order valence-corrected chi connectivity index (χ0v) is 18.5. The zero-order valence-electron chi connectivity index (χ0n) is 17.7. The van der Waals surface area contributed by atoms with Crippen LogP contribution in [0, 0.1) is 17.8 Å². The predicted octanol–water partition coefficient (Wildman–Crippen LogP) is 3.45. The summed E-state index contributed by atoms with van der Waals surface area (Å²) in [6, 6.07) is 0. The quantitative estimate of drug-likeness (QED) is 0.643. The normalized spacial score (nSPS) is 24.7. The summed E-state index contributed by atoms with van der Waals surface area (Å²) in [5, 5.41) is 0.283. The third-order valence-corrected chi connectivity index (χ3v) is 8.76. The molecule has 0 amide bonds. The molecule has 162 valence electrons. The van der Waals surface area contributed by atoms with Gasteiger partial charge in [-0.05, 0) is 63.8 Å². The maximum Gasteiger partial charge on any atom is 0.227 e. The van der Waals surface area contributed by atoms with Crippen LogP contribution in [0.5, 0.6) is 0 Å². The third kappa shape index (κ3) is 5.29. The first-order valence-corrected chi connectivity index (χ1v) is 13.1. The molecule has 0 bridgehead atoms. The maximum absolute atomic E-state index is 13.1. The molecule has 1 aromatic heterocycles. The predicted molar refractivity (Wildman–Crippen MR) is 112 cm³/mol. The van der Waals surface area contributed by atoms with E-state index in [1.807, 2.05) is 4.57 Å². The van der Waals surface area contributed by atoms with Crippen molar-refractivity contribution in [2.24, 2.45) is 17.8 Å². The molecule has 1 saturated heterocycles. The average Bonchev–Trinajstić information content (AvgIpc) is 3.41. The average molecular weight is 422 g/mol. The fraction of sp³-hybridized carbons (Fsp3) is 0.818. The highest BCUT2D eigenvalue weighted by Crippen LogP contribution is 2.33. The van der Waals surface area contributed by atoms with Crippen LogP contribution in [0.1, 0.15) is 70.4 Å². The Morgan fingerprint density at radius 3 is 2.52 bits per heavy atom. The number of piperidine rings is 1. The van der Waals surface area contributed by atoms with Crippen molar-refractivity contribution in [3.05, 3.63) is 11.9 Å². The van der Waals surface area contributed by atoms with E-state index >= 15 is 0 Å². The molecule has 1 aromatic rings. The van der Waals surface area contributed by atoms with E-state index in [2.05, 4.69) is 9.88 Å². The number of likely N-dealkylation sites (tertiary alicyclic amines) is 1. The number of imidazole rings is 1. The van der Waals surface area contributed by atoms with Gasteiger partial charge >= 0.3 is 0 Å². The highest BCUT2D eigenvalue weighted by atomic mass is 32.2. The second-order valence-electron chi connectivity index (χ2n) is 9.56. The topological polar surface area (TPSA) is 72.3 Å². The Hall–Kier alpha value is -1.21. The van der Waals surface area contributed by atoms with E-state index in [1.54, 1.807) is 13.1 Å². The molecule has 0 radical (unpaired) electrons. The summed E-state index contributed by atoms with van der Waals surface area (Å²) in [6.07, 6.45) is 11.9. The monoisotopic (exact) mass is 421 g/mol. The number of carbonyl (C=O) groups excluding carboxylic acids is 1. The molecule has 0 aromatic carbocycles. The Morgan fingerprint density at radius 1 is 1.07 bits per heavy atom. The number of Topliss-reactive ketones (excluding diaryl/α,β-unsaturated/α-hetero) is 1. The zero-order chi connectivity index (χ0) is 20.4. The first kappa shape index (κ1) is 21.0. The lowest BCUT2D eigenvalue weighted by molar-refractivity contribution is -0.122. The van der Waals surface area contributed by atoms with Gasteiger partial charge in [-0.25, -0.2) is 13.4 Å². The Morgan fingerprint density at radius 2 is 1.83 bits per heavy atom. The molecule has 29 heavy (non-hydrogen) atoms. The van der Waals surface area contributed by atoms with Crippen molar-refractivity contribution >= 4 is 15.6 Å². The van der Waals surface area contributed by atoms with Gasteiger partial charge in [-0.2, -0.15) is 0 Å². The molecule has 2 heterocycles. The number of hydrogen-bond donors (Lipinski definition) is 0. The summed E-state index contributed by atoms with van der Waals surface area (Å²) in [5.41, 5.74) is 0.995. The van der Waals surface area contributed by atoms with Gasteiger partial charge in [-0.3, -0.25) is 9.69 Å². The maximum atomic E-state index is 13.1. The van der Waals surface area contributed by atoms with Crippen LogP contribution >= 0.6 is 0 Å². The molecule has 0 unspecified atom stereocenters. The largest absolute Gasteiger partial charge is 0.317 e. The van der Waals surface area contributed by atoms with Crippen LogP contribution in [0.2, 0.25) is 0 Å². The first-order chi connectivity index (χ1) is 13.9. The van der Waals surface area contributed by atoms with Crippen molar-refractivity contribution in [1.82, 2.24) is 14.5 Å². The molecular weight excluding hydrogens is 386 g/mol. The van der Waals surface area contributed by atoms with Crippen LogP contribution in [0.25, 0.3) is 0 Å². The first-order valence-electron chi connectivity index (χ1n) is 11.4. The summed E-state index contributed by atoms with van der Waals surface area (Å²) in [6.45, 7) is 4.86. The van der Waals surface area contributed by atoms with Crippen LogP contribution in [0.3, 0.4) is 0 Å². The molecule has 7 heteroatoms. The number of rotatable bonds is 8. The second kappa shape index (κ2) is 8.88. The van der Waals surface area contributed by atoms with Gasteiger partial charge < -0.3 is 4.57 Å². The van der Waals surface area contributed by atoms with Gasteiger partial charge in [0.05, 0.1) is 17.6 Å². The number of hydrogen-bond acceptors (Lipinski definition) is 5. The van der Waals surface area contributed by atoms with Gasteiger partial charge in [0.1, 0.15) is 5.78 Å². The molecule has 3 fully saturated rings. The van der Waals surface area contributed by atoms with Gasteiger partial charge in [0.25, 0.3) is 0 Å². The number of carbonyl (C=O) groups is 1. The molecule has 2 saturated carbocycles. The summed E-state index contributed by atoms with van der Waals surface area (Å²) >= 11 is 0. The van der Waals surface area contributed by atoms with Gasteiger partial charge in [0, 0.05) is 25.6 Å². The van der Waals surface area contributed by atoms with E-state index in [0.717, 1.165) is 51.0 Å². The standard InChI is InChI=1S/C22H35N3O3S/c1-17(26)20-8-5-11-24(14-20)15-21-12-23-22(29(27,28)16-19-9-10-19)25(21)13-18-6-3-2-4-7-18/h12,18-20H,2-11,13-16H2,1H3/t20-/m0/s1. The van der Waals surface area contributed by atoms with Crippen LogP contribution in [-0.4, -0.2) is 47.5 Å². The Kier molecular flexibility index (Phi) is 6.44. The molecule has 2 aliphatic carbocycles. The smallest absolute Gasteiger partial charge is 0.227 e. The van der Waals surface area contributed by atoms with E-state index in [-0.39, 0.29) is 22.6 Å². The molecule has 4 rings (SSSR count). The van der Waals surface area contributed by atoms with E-state index in [9.17, 15) is 13.2 Å². The van der Waals surface area contributed by atoms with Crippen molar-refractivity contribution in [2.75, 3.05) is 18.8 Å². The minimum absolute atomic E-state index is 0.108. The Balaban J connectivity index is 1.56. The minimum atomic E-state index is -3.34. The van der Waals surface area contributed by atoms with Crippen LogP contribution in [-0.2, 0) is 27.7 Å².